The molecule has 3 nitrogen and oxygen atoms in total. The number of allylic oxidation sites excluding steroid dienone is 4. The van der Waals surface area contributed by atoms with Gasteiger partial charge in [-0.15, -0.1) is 0 Å². The summed E-state index contributed by atoms with van der Waals surface area (Å²) < 4.78 is 0. The van der Waals surface area contributed by atoms with Crippen molar-refractivity contribution in [3.8, 4) is 0 Å². The lowest BCUT2D eigenvalue weighted by molar-refractivity contribution is 0.0988. The highest BCUT2D eigenvalue weighted by atomic mass is 16.2. The third-order valence-electron chi connectivity index (χ3n) is 10.2. The van der Waals surface area contributed by atoms with E-state index in [1.54, 1.807) is 0 Å². The average Bonchev–Trinajstić information content (AvgIpc) is 3.41. The molecule has 1 aliphatic heterocycles. The predicted molar refractivity (Wildman–Crippen MR) is 180 cm³/mol. The number of anilines is 2. The van der Waals surface area contributed by atoms with Crippen LogP contribution in [0, 0.1) is 20.8 Å². The number of aryl methyl sites for hydroxylation is 3. The van der Waals surface area contributed by atoms with Crippen molar-refractivity contribution in [2.75, 3.05) is 4.90 Å². The monoisotopic (exact) mass is 573 g/mol. The van der Waals surface area contributed by atoms with Gasteiger partial charge in [0.15, 0.2) is 11.6 Å². The molecular weight excluding hydrogens is 538 g/mol. The fraction of sp³-hybridized carbons (Fsp3) is 0.220. The normalized spacial score (nSPS) is 18.1. The van der Waals surface area contributed by atoms with Gasteiger partial charge < -0.3 is 4.90 Å². The first-order valence-electron chi connectivity index (χ1n) is 15.8. The van der Waals surface area contributed by atoms with Gasteiger partial charge >= 0.3 is 0 Å². The van der Waals surface area contributed by atoms with E-state index in [-0.39, 0.29) is 22.6 Å². The van der Waals surface area contributed by atoms with Gasteiger partial charge in [0.1, 0.15) is 0 Å². The summed E-state index contributed by atoms with van der Waals surface area (Å²) in [5.41, 5.74) is 9.72. The van der Waals surface area contributed by atoms with E-state index in [0.29, 0.717) is 11.1 Å². The van der Waals surface area contributed by atoms with Crippen LogP contribution in [0.2, 0.25) is 0 Å². The highest BCUT2D eigenvalue weighted by molar-refractivity contribution is 6.40. The number of nitrogens with zero attached hydrogens (tertiary/aromatic N) is 1. The Labute approximate surface area is 258 Å². The number of hydrogen-bond donors (Lipinski definition) is 0. The van der Waals surface area contributed by atoms with E-state index >= 15 is 0 Å². The molecule has 5 aromatic rings. The lowest BCUT2D eigenvalue weighted by Crippen LogP contribution is -2.32. The second kappa shape index (κ2) is 9.89. The Kier molecular flexibility index (Phi) is 6.03. The van der Waals surface area contributed by atoms with Crippen LogP contribution in [0.15, 0.2) is 108 Å². The molecule has 216 valence electrons. The first kappa shape index (κ1) is 26.8. The third kappa shape index (κ3) is 3.81. The number of benzene rings is 5. The first-order valence-corrected chi connectivity index (χ1v) is 15.8. The van der Waals surface area contributed by atoms with Crippen molar-refractivity contribution in [1.29, 1.82) is 0 Å². The maximum absolute atomic E-state index is 13.8. The molecule has 0 atom stereocenters. The molecule has 0 N–H and O–H groups in total. The summed E-state index contributed by atoms with van der Waals surface area (Å²) in [4.78, 5) is 30.0. The number of carbonyl (C=O) groups is 2. The molecule has 3 aliphatic rings. The first-order chi connectivity index (χ1) is 21.4. The molecule has 44 heavy (non-hydrogen) atoms. The number of hydrogen-bond acceptors (Lipinski definition) is 3. The summed E-state index contributed by atoms with van der Waals surface area (Å²) in [6.07, 6.45) is 9.54. The number of fused-ring (bicyclic) bond motifs is 6. The predicted octanol–water partition coefficient (Wildman–Crippen LogP) is 10.2. The van der Waals surface area contributed by atoms with Gasteiger partial charge in [-0.25, -0.2) is 0 Å². The number of Topliss-reactive ketones (excluding diaryl/α,β-unsaturated/α-hetero) is 2. The van der Waals surface area contributed by atoms with Gasteiger partial charge in [-0.05, 0) is 102 Å². The van der Waals surface area contributed by atoms with Gasteiger partial charge in [0.25, 0.3) is 0 Å². The van der Waals surface area contributed by atoms with Crippen LogP contribution in [0.4, 0.5) is 11.4 Å². The van der Waals surface area contributed by atoms with Crippen molar-refractivity contribution in [3.05, 3.63) is 142 Å². The van der Waals surface area contributed by atoms with Crippen molar-refractivity contribution in [2.45, 2.75) is 58.3 Å². The number of ketones is 2. The van der Waals surface area contributed by atoms with Gasteiger partial charge in [0.2, 0.25) is 0 Å². The maximum Gasteiger partial charge on any atom is 0.197 e. The van der Waals surface area contributed by atoms with Gasteiger partial charge in [-0.2, -0.15) is 0 Å². The minimum atomic E-state index is -0.207. The molecule has 1 fully saturated rings. The molecule has 3 heteroatoms. The van der Waals surface area contributed by atoms with Crippen molar-refractivity contribution < 1.29 is 9.59 Å². The SMILES string of the molecule is Cc1cc(C)c(N2/C(=C\C=C3C(=O)c4cc5ccccc5cc4C3=O)C3(CCCCC3)c3c2ccc2ccccc32)c(C)c1. The Morgan fingerprint density at radius 3 is 1.89 bits per heavy atom. The molecular formula is C41H35NO2. The minimum Gasteiger partial charge on any atom is -0.312 e. The topological polar surface area (TPSA) is 37.4 Å². The lowest BCUT2D eigenvalue weighted by atomic mass is 9.67. The van der Waals surface area contributed by atoms with Crippen molar-refractivity contribution >= 4 is 44.5 Å². The molecule has 8 rings (SSSR count). The van der Waals surface area contributed by atoms with Crippen molar-refractivity contribution in [2.24, 2.45) is 0 Å². The smallest absolute Gasteiger partial charge is 0.197 e. The molecule has 2 aliphatic carbocycles. The molecule has 0 radical (unpaired) electrons. The fourth-order valence-electron chi connectivity index (χ4n) is 8.41. The van der Waals surface area contributed by atoms with E-state index in [0.717, 1.165) is 36.5 Å². The van der Waals surface area contributed by atoms with Crippen LogP contribution in [0.25, 0.3) is 21.5 Å². The van der Waals surface area contributed by atoms with E-state index in [1.165, 1.54) is 56.5 Å². The zero-order valence-corrected chi connectivity index (χ0v) is 25.5. The van der Waals surface area contributed by atoms with Crippen LogP contribution < -0.4 is 4.90 Å². The van der Waals surface area contributed by atoms with Gasteiger partial charge in [-0.3, -0.25) is 9.59 Å². The Morgan fingerprint density at radius 2 is 1.25 bits per heavy atom. The molecule has 0 unspecified atom stereocenters. The maximum atomic E-state index is 13.8. The largest absolute Gasteiger partial charge is 0.312 e. The van der Waals surface area contributed by atoms with E-state index in [4.69, 9.17) is 0 Å². The van der Waals surface area contributed by atoms with E-state index < -0.39 is 0 Å². The lowest BCUT2D eigenvalue weighted by Gasteiger charge is -2.38. The Morgan fingerprint density at radius 1 is 0.659 bits per heavy atom. The summed E-state index contributed by atoms with van der Waals surface area (Å²) in [6, 6.07) is 29.5. The molecule has 0 aromatic heterocycles. The highest BCUT2D eigenvalue weighted by Crippen LogP contribution is 2.60. The average molecular weight is 574 g/mol. The van der Waals surface area contributed by atoms with Crippen molar-refractivity contribution in [3.63, 3.8) is 0 Å². The van der Waals surface area contributed by atoms with E-state index in [2.05, 4.69) is 80.3 Å². The Hall–Kier alpha value is -4.76. The number of rotatable bonds is 2. The van der Waals surface area contributed by atoms with Crippen molar-refractivity contribution in [1.82, 2.24) is 0 Å². The highest BCUT2D eigenvalue weighted by Gasteiger charge is 2.49. The van der Waals surface area contributed by atoms with Gasteiger partial charge in [-0.1, -0.05) is 91.6 Å². The standard InChI is InChI=1S/C41H35NO2/c1-25-21-26(2)38(27(3)22-25)42-35-17-15-28-11-7-8-14-31(28)37(35)41(19-9-4-10-20-41)36(42)18-16-32-39(43)33-23-29-12-5-6-13-30(29)24-34(33)40(32)44/h5-8,11-18,21-24H,4,9-10,19-20H2,1-3H3/b36-18-. The molecule has 1 spiro atoms. The quantitative estimate of drug-likeness (QED) is 0.156. The van der Waals surface area contributed by atoms with Gasteiger partial charge in [0.05, 0.1) is 16.9 Å². The van der Waals surface area contributed by atoms with Crippen LogP contribution in [0.5, 0.6) is 0 Å². The molecule has 1 saturated carbocycles. The van der Waals surface area contributed by atoms with Gasteiger partial charge in [0, 0.05) is 22.2 Å². The van der Waals surface area contributed by atoms with Crippen LogP contribution in [0.3, 0.4) is 0 Å². The fourth-order valence-corrected chi connectivity index (χ4v) is 8.41. The summed E-state index contributed by atoms with van der Waals surface area (Å²) in [5.74, 6) is -0.360. The summed E-state index contributed by atoms with van der Waals surface area (Å²) >= 11 is 0. The summed E-state index contributed by atoms with van der Waals surface area (Å²) in [5, 5.41) is 4.49. The molecule has 0 bridgehead atoms. The second-order valence-corrected chi connectivity index (χ2v) is 12.9. The molecule has 0 saturated heterocycles. The molecule has 5 aromatic carbocycles. The number of carbonyl (C=O) groups excluding carboxylic acids is 2. The van der Waals surface area contributed by atoms with E-state index in [9.17, 15) is 9.59 Å². The summed E-state index contributed by atoms with van der Waals surface area (Å²) in [7, 11) is 0. The summed E-state index contributed by atoms with van der Waals surface area (Å²) in [6.45, 7) is 6.55. The Bertz CT molecular complexity index is 2040. The zero-order chi connectivity index (χ0) is 30.2. The molecule has 1 heterocycles. The third-order valence-corrected chi connectivity index (χ3v) is 10.2. The Balaban J connectivity index is 1.38. The zero-order valence-electron chi connectivity index (χ0n) is 25.5. The van der Waals surface area contributed by atoms with E-state index in [1.807, 2.05) is 42.5 Å². The van der Waals surface area contributed by atoms with Crippen LogP contribution in [0.1, 0.15) is 75.1 Å². The van der Waals surface area contributed by atoms with Crippen LogP contribution >= 0.6 is 0 Å². The van der Waals surface area contributed by atoms with Crippen LogP contribution in [-0.2, 0) is 5.41 Å². The van der Waals surface area contributed by atoms with Crippen LogP contribution in [-0.4, -0.2) is 11.6 Å². The second-order valence-electron chi connectivity index (χ2n) is 12.9. The minimum absolute atomic E-state index is 0.180. The molecule has 0 amide bonds.